The van der Waals surface area contributed by atoms with Crippen LogP contribution in [-0.4, -0.2) is 22.5 Å². The first-order valence-electron chi connectivity index (χ1n) is 6.61. The topological polar surface area (TPSA) is 94.1 Å². The Kier molecular flexibility index (Phi) is 3.13. The molecule has 21 heavy (non-hydrogen) atoms. The van der Waals surface area contributed by atoms with Crippen LogP contribution in [0.3, 0.4) is 0 Å². The second kappa shape index (κ2) is 4.97. The summed E-state index contributed by atoms with van der Waals surface area (Å²) in [5.41, 5.74) is 9.39. The van der Waals surface area contributed by atoms with Gasteiger partial charge in [-0.2, -0.15) is 4.98 Å². The molecule has 0 saturated heterocycles. The molecule has 0 atom stereocenters. The van der Waals surface area contributed by atoms with E-state index in [1.165, 1.54) is 6.26 Å². The molecule has 2 aromatic heterocycles. The molecule has 108 valence electrons. The zero-order valence-corrected chi connectivity index (χ0v) is 11.8. The van der Waals surface area contributed by atoms with Crippen LogP contribution in [0, 0.1) is 6.92 Å². The summed E-state index contributed by atoms with van der Waals surface area (Å²) in [5, 5.41) is 0.881. The first-order valence-corrected chi connectivity index (χ1v) is 6.61. The Hall–Kier alpha value is -2.76. The van der Waals surface area contributed by atoms with Crippen molar-refractivity contribution >= 4 is 22.9 Å². The standard InChI is InChI=1S/C15H15N3O3/c1-3-20-14(19)9-4-5-11-10(6-9)13(8(2)17-11)12-7-21-15(16)18-12/h4-7,17H,3H2,1-2H3,(H2,16,18). The smallest absolute Gasteiger partial charge is 0.338 e. The molecule has 0 spiro atoms. The van der Waals surface area contributed by atoms with Crippen LogP contribution < -0.4 is 5.73 Å². The number of aryl methyl sites for hydroxylation is 1. The van der Waals surface area contributed by atoms with E-state index < -0.39 is 0 Å². The van der Waals surface area contributed by atoms with Crippen LogP contribution in [-0.2, 0) is 4.74 Å². The second-order valence-electron chi connectivity index (χ2n) is 4.68. The van der Waals surface area contributed by atoms with E-state index in [1.54, 1.807) is 19.1 Å². The van der Waals surface area contributed by atoms with Crippen molar-refractivity contribution in [3.05, 3.63) is 35.7 Å². The van der Waals surface area contributed by atoms with Crippen LogP contribution in [0.5, 0.6) is 0 Å². The van der Waals surface area contributed by atoms with Gasteiger partial charge in [-0.15, -0.1) is 0 Å². The number of hydrogen-bond donors (Lipinski definition) is 2. The van der Waals surface area contributed by atoms with Gasteiger partial charge in [0.2, 0.25) is 0 Å². The lowest BCUT2D eigenvalue weighted by Crippen LogP contribution is -2.04. The monoisotopic (exact) mass is 285 g/mol. The van der Waals surface area contributed by atoms with Crippen molar-refractivity contribution in [2.24, 2.45) is 0 Å². The van der Waals surface area contributed by atoms with Gasteiger partial charge in [-0.05, 0) is 32.0 Å². The second-order valence-corrected chi connectivity index (χ2v) is 4.68. The fourth-order valence-corrected chi connectivity index (χ4v) is 2.40. The molecule has 1 aromatic carbocycles. The van der Waals surface area contributed by atoms with E-state index in [9.17, 15) is 4.79 Å². The number of esters is 1. The van der Waals surface area contributed by atoms with Crippen molar-refractivity contribution in [2.45, 2.75) is 13.8 Å². The first kappa shape index (κ1) is 13.2. The molecule has 3 aromatic rings. The van der Waals surface area contributed by atoms with E-state index in [0.717, 1.165) is 22.2 Å². The molecule has 3 N–H and O–H groups in total. The van der Waals surface area contributed by atoms with Crippen molar-refractivity contribution in [3.63, 3.8) is 0 Å². The number of aromatic nitrogens is 2. The number of oxazole rings is 1. The Morgan fingerprint density at radius 1 is 1.48 bits per heavy atom. The third kappa shape index (κ3) is 2.24. The number of nitrogens with zero attached hydrogens (tertiary/aromatic N) is 1. The molecule has 3 rings (SSSR count). The SMILES string of the molecule is CCOC(=O)c1ccc2[nH]c(C)c(-c3coc(N)n3)c2c1. The van der Waals surface area contributed by atoms with Crippen molar-refractivity contribution in [2.75, 3.05) is 12.3 Å². The molecular formula is C15H15N3O3. The summed E-state index contributed by atoms with van der Waals surface area (Å²) in [6.45, 7) is 4.06. The molecule has 0 unspecified atom stereocenters. The summed E-state index contributed by atoms with van der Waals surface area (Å²) in [4.78, 5) is 19.3. The Morgan fingerprint density at radius 3 is 2.95 bits per heavy atom. The zero-order valence-electron chi connectivity index (χ0n) is 11.8. The number of rotatable bonds is 3. The molecule has 0 radical (unpaired) electrons. The predicted octanol–water partition coefficient (Wildman–Crippen LogP) is 2.89. The van der Waals surface area contributed by atoms with Crippen LogP contribution in [0.25, 0.3) is 22.2 Å². The highest BCUT2D eigenvalue weighted by molar-refractivity contribution is 6.01. The van der Waals surface area contributed by atoms with Crippen molar-refractivity contribution in [3.8, 4) is 11.3 Å². The fraction of sp³-hybridized carbons (Fsp3) is 0.200. The minimum absolute atomic E-state index is 0.111. The van der Waals surface area contributed by atoms with Gasteiger partial charge in [0.15, 0.2) is 0 Å². The predicted molar refractivity (Wildman–Crippen MR) is 78.9 cm³/mol. The Morgan fingerprint density at radius 2 is 2.29 bits per heavy atom. The van der Waals surface area contributed by atoms with E-state index in [4.69, 9.17) is 14.9 Å². The molecule has 6 heteroatoms. The summed E-state index contributed by atoms with van der Waals surface area (Å²) in [7, 11) is 0. The molecule has 0 bridgehead atoms. The third-order valence-electron chi connectivity index (χ3n) is 3.28. The van der Waals surface area contributed by atoms with Gasteiger partial charge >= 0.3 is 5.97 Å². The lowest BCUT2D eigenvalue weighted by molar-refractivity contribution is 0.0526. The summed E-state index contributed by atoms with van der Waals surface area (Å²) in [6.07, 6.45) is 1.50. The minimum Gasteiger partial charge on any atom is -0.462 e. The Bertz CT molecular complexity index is 817. The number of nitrogens with two attached hydrogens (primary N) is 1. The maximum absolute atomic E-state index is 11.9. The molecular weight excluding hydrogens is 270 g/mol. The maximum atomic E-state index is 11.9. The van der Waals surface area contributed by atoms with E-state index in [1.807, 2.05) is 13.0 Å². The number of nitrogens with one attached hydrogen (secondary N) is 1. The van der Waals surface area contributed by atoms with Gasteiger partial charge < -0.3 is 19.9 Å². The average molecular weight is 285 g/mol. The van der Waals surface area contributed by atoms with E-state index in [2.05, 4.69) is 9.97 Å². The molecule has 0 amide bonds. The molecule has 0 aliphatic heterocycles. The van der Waals surface area contributed by atoms with Gasteiger partial charge in [0.25, 0.3) is 6.01 Å². The Balaban J connectivity index is 2.17. The van der Waals surface area contributed by atoms with Crippen LogP contribution in [0.15, 0.2) is 28.9 Å². The number of nitrogen functional groups attached to an aromatic ring is 1. The van der Waals surface area contributed by atoms with Crippen LogP contribution in [0.1, 0.15) is 23.0 Å². The zero-order chi connectivity index (χ0) is 15.0. The number of anilines is 1. The van der Waals surface area contributed by atoms with Crippen LogP contribution >= 0.6 is 0 Å². The molecule has 0 saturated carbocycles. The molecule has 2 heterocycles. The number of carbonyl (C=O) groups excluding carboxylic acids is 1. The van der Waals surface area contributed by atoms with E-state index >= 15 is 0 Å². The first-order chi connectivity index (χ1) is 10.1. The molecule has 6 nitrogen and oxygen atoms in total. The van der Waals surface area contributed by atoms with E-state index in [-0.39, 0.29) is 12.0 Å². The number of fused-ring (bicyclic) bond motifs is 1. The lowest BCUT2D eigenvalue weighted by Gasteiger charge is -2.02. The van der Waals surface area contributed by atoms with Crippen molar-refractivity contribution < 1.29 is 13.9 Å². The highest BCUT2D eigenvalue weighted by Crippen LogP contribution is 2.32. The lowest BCUT2D eigenvalue weighted by atomic mass is 10.1. The van der Waals surface area contributed by atoms with Crippen molar-refractivity contribution in [1.82, 2.24) is 9.97 Å². The summed E-state index contributed by atoms with van der Waals surface area (Å²) < 4.78 is 10.1. The largest absolute Gasteiger partial charge is 0.462 e. The highest BCUT2D eigenvalue weighted by atomic mass is 16.5. The van der Waals surface area contributed by atoms with Gasteiger partial charge in [-0.3, -0.25) is 0 Å². The van der Waals surface area contributed by atoms with Gasteiger partial charge in [0.05, 0.1) is 12.2 Å². The van der Waals surface area contributed by atoms with Gasteiger partial charge in [0.1, 0.15) is 12.0 Å². The van der Waals surface area contributed by atoms with Gasteiger partial charge in [-0.1, -0.05) is 0 Å². The number of ether oxygens (including phenoxy) is 1. The van der Waals surface area contributed by atoms with Crippen LogP contribution in [0.2, 0.25) is 0 Å². The fourth-order valence-electron chi connectivity index (χ4n) is 2.40. The highest BCUT2D eigenvalue weighted by Gasteiger charge is 2.16. The summed E-state index contributed by atoms with van der Waals surface area (Å²) in [6, 6.07) is 5.48. The van der Waals surface area contributed by atoms with Crippen molar-refractivity contribution in [1.29, 1.82) is 0 Å². The third-order valence-corrected chi connectivity index (χ3v) is 3.28. The quantitative estimate of drug-likeness (QED) is 0.721. The molecule has 0 aliphatic rings. The van der Waals surface area contributed by atoms with E-state index in [0.29, 0.717) is 17.9 Å². The van der Waals surface area contributed by atoms with Gasteiger partial charge in [-0.25, -0.2) is 4.79 Å². The number of H-pyrrole nitrogens is 1. The molecule has 0 aliphatic carbocycles. The Labute approximate surface area is 120 Å². The number of carbonyl (C=O) groups is 1. The number of hydrogen-bond acceptors (Lipinski definition) is 5. The minimum atomic E-state index is -0.344. The average Bonchev–Trinajstić information content (AvgIpc) is 3.00. The van der Waals surface area contributed by atoms with Crippen LogP contribution in [0.4, 0.5) is 6.01 Å². The number of benzene rings is 1. The normalized spacial score (nSPS) is 11.0. The number of aromatic amines is 1. The summed E-state index contributed by atoms with van der Waals surface area (Å²) >= 11 is 0. The van der Waals surface area contributed by atoms with Gasteiger partial charge in [0, 0.05) is 22.2 Å². The summed E-state index contributed by atoms with van der Waals surface area (Å²) in [5.74, 6) is -0.344. The molecule has 0 fully saturated rings. The maximum Gasteiger partial charge on any atom is 0.338 e.